The van der Waals surface area contributed by atoms with Crippen molar-refractivity contribution in [3.8, 4) is 0 Å². The zero-order valence-corrected chi connectivity index (χ0v) is 17.2. The van der Waals surface area contributed by atoms with Crippen LogP contribution in [0.25, 0.3) is 0 Å². The largest absolute Gasteiger partial charge is 0.419 e. The Morgan fingerprint density at radius 3 is 2.56 bits per heavy atom. The molecule has 3 rings (SSSR count). The fourth-order valence-electron chi connectivity index (χ4n) is 2.96. The maximum atomic E-state index is 13.9. The van der Waals surface area contributed by atoms with Crippen molar-refractivity contribution in [1.82, 2.24) is 20.2 Å². The Bertz CT molecular complexity index is 1150. The SMILES string of the molecule is CONC(=O)c1ccc(F)cc1N(N)c1cc(Nc2cn(C)nc2C)ncc1C(F)(F)F. The number of halogens is 4. The van der Waals surface area contributed by atoms with Crippen LogP contribution in [0.4, 0.5) is 40.4 Å². The normalized spacial score (nSPS) is 11.4. The topological polar surface area (TPSA) is 110 Å². The monoisotopic (exact) mass is 453 g/mol. The van der Waals surface area contributed by atoms with E-state index < -0.39 is 29.2 Å². The van der Waals surface area contributed by atoms with E-state index in [4.69, 9.17) is 5.84 Å². The molecule has 13 heteroatoms. The molecule has 170 valence electrons. The van der Waals surface area contributed by atoms with Crippen molar-refractivity contribution in [2.45, 2.75) is 13.1 Å². The van der Waals surface area contributed by atoms with Crippen LogP contribution in [-0.4, -0.2) is 27.8 Å². The summed E-state index contributed by atoms with van der Waals surface area (Å²) in [6.45, 7) is 1.70. The number of rotatable bonds is 6. The van der Waals surface area contributed by atoms with E-state index in [1.165, 1.54) is 11.8 Å². The highest BCUT2D eigenvalue weighted by Crippen LogP contribution is 2.39. The first kappa shape index (κ1) is 23.0. The third kappa shape index (κ3) is 4.78. The molecule has 0 bridgehead atoms. The van der Waals surface area contributed by atoms with Gasteiger partial charge in [-0.25, -0.2) is 20.7 Å². The Kier molecular flexibility index (Phi) is 6.32. The van der Waals surface area contributed by atoms with Gasteiger partial charge in [-0.05, 0) is 25.1 Å². The molecule has 2 aromatic heterocycles. The molecule has 1 amide bonds. The first-order valence-corrected chi connectivity index (χ1v) is 9.03. The summed E-state index contributed by atoms with van der Waals surface area (Å²) >= 11 is 0. The van der Waals surface area contributed by atoms with Gasteiger partial charge in [-0.15, -0.1) is 0 Å². The molecule has 0 aliphatic heterocycles. The predicted molar refractivity (Wildman–Crippen MR) is 108 cm³/mol. The third-order valence-corrected chi connectivity index (χ3v) is 4.38. The van der Waals surface area contributed by atoms with E-state index in [-0.39, 0.29) is 17.1 Å². The van der Waals surface area contributed by atoms with Gasteiger partial charge in [-0.2, -0.15) is 18.3 Å². The molecule has 2 heterocycles. The lowest BCUT2D eigenvalue weighted by Crippen LogP contribution is -2.32. The number of amides is 1. The van der Waals surface area contributed by atoms with Crippen LogP contribution in [0.15, 0.2) is 36.7 Å². The van der Waals surface area contributed by atoms with Crippen molar-refractivity contribution in [2.75, 3.05) is 17.4 Å². The summed E-state index contributed by atoms with van der Waals surface area (Å²) in [6.07, 6.45) is -2.61. The van der Waals surface area contributed by atoms with Crippen LogP contribution in [0.1, 0.15) is 21.6 Å². The van der Waals surface area contributed by atoms with Gasteiger partial charge in [0.25, 0.3) is 5.91 Å². The van der Waals surface area contributed by atoms with Gasteiger partial charge in [0.05, 0.1) is 41.0 Å². The Labute approximate surface area is 179 Å². The molecule has 0 aliphatic carbocycles. The Hall–Kier alpha value is -3.71. The van der Waals surface area contributed by atoms with Crippen LogP contribution in [-0.2, 0) is 18.1 Å². The number of hydroxylamine groups is 1. The number of aryl methyl sites for hydroxylation is 2. The van der Waals surface area contributed by atoms with Crippen molar-refractivity contribution in [1.29, 1.82) is 0 Å². The number of nitrogens with one attached hydrogen (secondary N) is 2. The van der Waals surface area contributed by atoms with Gasteiger partial charge < -0.3 is 5.32 Å². The Morgan fingerprint density at radius 2 is 1.97 bits per heavy atom. The smallest absolute Gasteiger partial charge is 0.337 e. The van der Waals surface area contributed by atoms with E-state index in [9.17, 15) is 22.4 Å². The van der Waals surface area contributed by atoms with Crippen LogP contribution in [0.3, 0.4) is 0 Å². The molecule has 0 atom stereocenters. The Balaban J connectivity index is 2.11. The number of anilines is 4. The molecule has 0 fully saturated rings. The van der Waals surface area contributed by atoms with Crippen LogP contribution in [0.2, 0.25) is 0 Å². The molecule has 0 unspecified atom stereocenters. The van der Waals surface area contributed by atoms with E-state index in [1.807, 2.05) is 5.48 Å². The first-order chi connectivity index (χ1) is 15.0. The van der Waals surface area contributed by atoms with Crippen molar-refractivity contribution < 1.29 is 27.2 Å². The molecular formula is C19H19F4N7O2. The fourth-order valence-corrected chi connectivity index (χ4v) is 2.96. The van der Waals surface area contributed by atoms with Crippen LogP contribution in [0.5, 0.6) is 0 Å². The minimum atomic E-state index is -4.83. The number of alkyl halides is 3. The second-order valence-corrected chi connectivity index (χ2v) is 6.68. The van der Waals surface area contributed by atoms with Crippen LogP contribution < -0.4 is 21.6 Å². The number of hydrogen-bond acceptors (Lipinski definition) is 7. The van der Waals surface area contributed by atoms with Crippen LogP contribution in [0, 0.1) is 12.7 Å². The lowest BCUT2D eigenvalue weighted by atomic mass is 10.1. The summed E-state index contributed by atoms with van der Waals surface area (Å²) in [6, 6.07) is 3.92. The van der Waals surface area contributed by atoms with Crippen molar-refractivity contribution in [3.05, 3.63) is 59.3 Å². The fraction of sp³-hybridized carbons (Fsp3) is 0.211. The summed E-state index contributed by atoms with van der Waals surface area (Å²) in [5.74, 6) is 4.38. The van der Waals surface area contributed by atoms with Crippen molar-refractivity contribution in [3.63, 3.8) is 0 Å². The van der Waals surface area contributed by atoms with E-state index >= 15 is 0 Å². The van der Waals surface area contributed by atoms with E-state index in [0.29, 0.717) is 22.6 Å². The summed E-state index contributed by atoms with van der Waals surface area (Å²) in [4.78, 5) is 20.6. The number of carbonyl (C=O) groups excluding carboxylic acids is 1. The number of pyridine rings is 1. The van der Waals surface area contributed by atoms with Gasteiger partial charge in [0.2, 0.25) is 0 Å². The molecule has 32 heavy (non-hydrogen) atoms. The maximum absolute atomic E-state index is 13.9. The molecule has 0 spiro atoms. The van der Waals surface area contributed by atoms with E-state index in [1.54, 1.807) is 20.2 Å². The third-order valence-electron chi connectivity index (χ3n) is 4.38. The van der Waals surface area contributed by atoms with Crippen molar-refractivity contribution in [2.24, 2.45) is 12.9 Å². The highest BCUT2D eigenvalue weighted by atomic mass is 19.4. The lowest BCUT2D eigenvalue weighted by Gasteiger charge is -2.25. The van der Waals surface area contributed by atoms with Gasteiger partial charge >= 0.3 is 6.18 Å². The summed E-state index contributed by atoms with van der Waals surface area (Å²) in [5.41, 5.74) is 0.851. The summed E-state index contributed by atoms with van der Waals surface area (Å²) in [5, 5.41) is 7.58. The summed E-state index contributed by atoms with van der Waals surface area (Å²) < 4.78 is 56.5. The second kappa shape index (κ2) is 8.80. The van der Waals surface area contributed by atoms with E-state index in [2.05, 4.69) is 20.2 Å². The average Bonchev–Trinajstić information content (AvgIpc) is 3.03. The van der Waals surface area contributed by atoms with Gasteiger partial charge in [-0.1, -0.05) is 0 Å². The van der Waals surface area contributed by atoms with E-state index in [0.717, 1.165) is 24.3 Å². The molecule has 1 aromatic carbocycles. The number of nitrogens with two attached hydrogens (primary N) is 1. The Morgan fingerprint density at radius 1 is 1.25 bits per heavy atom. The highest BCUT2D eigenvalue weighted by molar-refractivity contribution is 6.00. The quantitative estimate of drug-likeness (QED) is 0.298. The molecular weight excluding hydrogens is 434 g/mol. The predicted octanol–water partition coefficient (Wildman–Crippen LogP) is 3.33. The standard InChI is InChI=1S/C19H19F4N7O2/c1-10-14(9-29(2)27-10)26-17-7-16(13(8-25-17)19(21,22)23)30(24)15-6-11(20)4-5-12(15)18(31)28-32-3/h4-9H,24H2,1-3H3,(H,25,26)(H,28,31). The zero-order valence-electron chi connectivity index (χ0n) is 17.2. The molecule has 3 aromatic rings. The molecule has 4 N–H and O–H groups in total. The second-order valence-electron chi connectivity index (χ2n) is 6.68. The number of benzene rings is 1. The molecule has 0 saturated heterocycles. The number of hydrazine groups is 1. The van der Waals surface area contributed by atoms with Gasteiger partial charge in [-0.3, -0.25) is 19.3 Å². The first-order valence-electron chi connectivity index (χ1n) is 9.03. The molecule has 9 nitrogen and oxygen atoms in total. The molecule has 0 radical (unpaired) electrons. The van der Waals surface area contributed by atoms with Crippen LogP contribution >= 0.6 is 0 Å². The maximum Gasteiger partial charge on any atom is 0.419 e. The average molecular weight is 453 g/mol. The number of carbonyl (C=O) groups is 1. The minimum absolute atomic E-state index is 0.0267. The van der Waals surface area contributed by atoms with Crippen molar-refractivity contribution >= 4 is 28.8 Å². The van der Waals surface area contributed by atoms with Gasteiger partial charge in [0, 0.05) is 25.5 Å². The van der Waals surface area contributed by atoms with Gasteiger partial charge in [0.15, 0.2) is 0 Å². The number of nitrogens with zero attached hydrogens (tertiary/aromatic N) is 4. The highest BCUT2D eigenvalue weighted by Gasteiger charge is 2.36. The summed E-state index contributed by atoms with van der Waals surface area (Å²) in [7, 11) is 2.85. The zero-order chi connectivity index (χ0) is 23.6. The molecule has 0 saturated carbocycles. The number of aromatic nitrogens is 3. The molecule has 0 aliphatic rings. The number of hydrogen-bond donors (Lipinski definition) is 3. The lowest BCUT2D eigenvalue weighted by molar-refractivity contribution is -0.137. The minimum Gasteiger partial charge on any atom is -0.337 e. The van der Waals surface area contributed by atoms with Gasteiger partial charge in [0.1, 0.15) is 11.6 Å².